The van der Waals surface area contributed by atoms with Crippen LogP contribution in [0.3, 0.4) is 0 Å². The Morgan fingerprint density at radius 1 is 1.31 bits per heavy atom. The molecule has 4 heteroatoms. The average Bonchev–Trinajstić information content (AvgIpc) is 3.05. The number of halogens is 1. The average molecular weight is 222 g/mol. The standard InChI is InChI=1S/C12H15FN2O/c13-10-3-1-9(2-4-10)7-8-14-12(16)15-11-5-6-11/h1-4,11H,5-8H2,(H2,14,15,16). The van der Waals surface area contributed by atoms with E-state index in [0.29, 0.717) is 12.6 Å². The van der Waals surface area contributed by atoms with E-state index < -0.39 is 0 Å². The molecule has 1 saturated carbocycles. The molecule has 2 amide bonds. The zero-order valence-corrected chi connectivity index (χ0v) is 9.00. The van der Waals surface area contributed by atoms with Gasteiger partial charge in [-0.3, -0.25) is 0 Å². The van der Waals surface area contributed by atoms with Crippen LogP contribution in [0.1, 0.15) is 18.4 Å². The van der Waals surface area contributed by atoms with Gasteiger partial charge in [-0.15, -0.1) is 0 Å². The summed E-state index contributed by atoms with van der Waals surface area (Å²) >= 11 is 0. The second-order valence-electron chi connectivity index (χ2n) is 4.05. The SMILES string of the molecule is O=C(NCCc1ccc(F)cc1)NC1CC1. The van der Waals surface area contributed by atoms with Gasteiger partial charge in [0.25, 0.3) is 0 Å². The number of carbonyl (C=O) groups excluding carboxylic acids is 1. The summed E-state index contributed by atoms with van der Waals surface area (Å²) in [4.78, 5) is 11.3. The maximum Gasteiger partial charge on any atom is 0.315 e. The first-order chi connectivity index (χ1) is 7.74. The third-order valence-electron chi connectivity index (χ3n) is 2.53. The van der Waals surface area contributed by atoms with Gasteiger partial charge in [-0.1, -0.05) is 12.1 Å². The Kier molecular flexibility index (Phi) is 3.39. The minimum atomic E-state index is -0.233. The summed E-state index contributed by atoms with van der Waals surface area (Å²) < 4.78 is 12.6. The molecule has 0 aromatic heterocycles. The van der Waals surface area contributed by atoms with Gasteiger partial charge in [0.15, 0.2) is 0 Å². The first kappa shape index (κ1) is 10.9. The first-order valence-electron chi connectivity index (χ1n) is 5.53. The van der Waals surface area contributed by atoms with Gasteiger partial charge in [0, 0.05) is 12.6 Å². The number of benzene rings is 1. The molecule has 2 rings (SSSR count). The monoisotopic (exact) mass is 222 g/mol. The predicted octanol–water partition coefficient (Wildman–Crippen LogP) is 1.83. The van der Waals surface area contributed by atoms with Gasteiger partial charge in [0.05, 0.1) is 0 Å². The van der Waals surface area contributed by atoms with Crippen LogP contribution in [0.2, 0.25) is 0 Å². The van der Waals surface area contributed by atoms with Gasteiger partial charge < -0.3 is 10.6 Å². The third-order valence-corrected chi connectivity index (χ3v) is 2.53. The highest BCUT2D eigenvalue weighted by molar-refractivity contribution is 5.74. The Morgan fingerprint density at radius 3 is 2.62 bits per heavy atom. The van der Waals surface area contributed by atoms with Crippen LogP contribution < -0.4 is 10.6 Å². The Hall–Kier alpha value is -1.58. The van der Waals surface area contributed by atoms with Gasteiger partial charge in [0.1, 0.15) is 5.82 Å². The van der Waals surface area contributed by atoms with Crippen molar-refractivity contribution in [3.8, 4) is 0 Å². The number of rotatable bonds is 4. The summed E-state index contributed by atoms with van der Waals surface area (Å²) in [6.07, 6.45) is 2.90. The number of nitrogens with one attached hydrogen (secondary N) is 2. The Balaban J connectivity index is 1.66. The van der Waals surface area contributed by atoms with Crippen molar-refractivity contribution in [2.45, 2.75) is 25.3 Å². The molecule has 0 bridgehead atoms. The predicted molar refractivity (Wildman–Crippen MR) is 59.7 cm³/mol. The maximum atomic E-state index is 12.6. The molecule has 1 aliphatic carbocycles. The molecule has 16 heavy (non-hydrogen) atoms. The van der Waals surface area contributed by atoms with Crippen molar-refractivity contribution >= 4 is 6.03 Å². The smallest absolute Gasteiger partial charge is 0.315 e. The molecule has 3 nitrogen and oxygen atoms in total. The molecule has 1 fully saturated rings. The van der Waals surface area contributed by atoms with Gasteiger partial charge in [0.2, 0.25) is 0 Å². The van der Waals surface area contributed by atoms with Crippen LogP contribution in [-0.2, 0) is 6.42 Å². The molecule has 1 aliphatic rings. The fourth-order valence-electron chi connectivity index (χ4n) is 1.44. The van der Waals surface area contributed by atoms with Crippen molar-refractivity contribution in [2.24, 2.45) is 0 Å². The van der Waals surface area contributed by atoms with E-state index in [-0.39, 0.29) is 11.8 Å². The summed E-state index contributed by atoms with van der Waals surface area (Å²) in [6, 6.07) is 6.60. The van der Waals surface area contributed by atoms with E-state index in [0.717, 1.165) is 24.8 Å². The number of hydrogen-bond acceptors (Lipinski definition) is 1. The second-order valence-corrected chi connectivity index (χ2v) is 4.05. The van der Waals surface area contributed by atoms with Crippen molar-refractivity contribution < 1.29 is 9.18 Å². The minimum Gasteiger partial charge on any atom is -0.338 e. The normalized spacial score (nSPS) is 14.6. The van der Waals surface area contributed by atoms with Crippen molar-refractivity contribution in [3.63, 3.8) is 0 Å². The molecule has 0 spiro atoms. The molecule has 0 heterocycles. The van der Waals surface area contributed by atoms with Crippen LogP contribution in [0, 0.1) is 5.82 Å². The molecule has 0 saturated heterocycles. The van der Waals surface area contributed by atoms with Crippen LogP contribution in [0.5, 0.6) is 0 Å². The number of carbonyl (C=O) groups is 1. The summed E-state index contributed by atoms with van der Waals surface area (Å²) in [5, 5.41) is 5.61. The van der Waals surface area contributed by atoms with Gasteiger partial charge in [-0.2, -0.15) is 0 Å². The first-order valence-corrected chi connectivity index (χ1v) is 5.53. The van der Waals surface area contributed by atoms with Crippen LogP contribution in [0.25, 0.3) is 0 Å². The molecule has 2 N–H and O–H groups in total. The molecule has 0 aliphatic heterocycles. The molecule has 0 unspecified atom stereocenters. The van der Waals surface area contributed by atoms with Crippen molar-refractivity contribution in [1.82, 2.24) is 10.6 Å². The fraction of sp³-hybridized carbons (Fsp3) is 0.417. The second kappa shape index (κ2) is 4.96. The lowest BCUT2D eigenvalue weighted by Gasteiger charge is -2.06. The topological polar surface area (TPSA) is 41.1 Å². The van der Waals surface area contributed by atoms with E-state index in [1.54, 1.807) is 12.1 Å². The summed E-state index contributed by atoms with van der Waals surface area (Å²) in [6.45, 7) is 0.574. The lowest BCUT2D eigenvalue weighted by atomic mass is 10.1. The third kappa shape index (κ3) is 3.53. The van der Waals surface area contributed by atoms with Gasteiger partial charge in [-0.05, 0) is 37.0 Å². The molecule has 0 atom stereocenters. The van der Waals surface area contributed by atoms with E-state index in [4.69, 9.17) is 0 Å². The van der Waals surface area contributed by atoms with Crippen LogP contribution in [0.4, 0.5) is 9.18 Å². The van der Waals surface area contributed by atoms with Crippen molar-refractivity contribution in [3.05, 3.63) is 35.6 Å². The lowest BCUT2D eigenvalue weighted by Crippen LogP contribution is -2.37. The van der Waals surface area contributed by atoms with E-state index in [1.807, 2.05) is 0 Å². The molecule has 86 valence electrons. The highest BCUT2D eigenvalue weighted by atomic mass is 19.1. The Labute approximate surface area is 94.0 Å². The minimum absolute atomic E-state index is 0.107. The molecule has 1 aromatic carbocycles. The summed E-state index contributed by atoms with van der Waals surface area (Å²) in [7, 11) is 0. The van der Waals surface area contributed by atoms with E-state index in [9.17, 15) is 9.18 Å². The largest absolute Gasteiger partial charge is 0.338 e. The lowest BCUT2D eigenvalue weighted by molar-refractivity contribution is 0.240. The van der Waals surface area contributed by atoms with E-state index in [1.165, 1.54) is 12.1 Å². The van der Waals surface area contributed by atoms with Crippen LogP contribution in [-0.4, -0.2) is 18.6 Å². The molecular weight excluding hydrogens is 207 g/mol. The Morgan fingerprint density at radius 2 is 2.00 bits per heavy atom. The number of amides is 2. The highest BCUT2D eigenvalue weighted by Crippen LogP contribution is 2.18. The fourth-order valence-corrected chi connectivity index (χ4v) is 1.44. The number of hydrogen-bond donors (Lipinski definition) is 2. The van der Waals surface area contributed by atoms with E-state index in [2.05, 4.69) is 10.6 Å². The summed E-state index contributed by atoms with van der Waals surface area (Å²) in [5.74, 6) is -0.233. The van der Waals surface area contributed by atoms with Crippen LogP contribution in [0.15, 0.2) is 24.3 Å². The van der Waals surface area contributed by atoms with E-state index >= 15 is 0 Å². The Bertz CT molecular complexity index is 360. The quantitative estimate of drug-likeness (QED) is 0.801. The van der Waals surface area contributed by atoms with Crippen molar-refractivity contribution in [2.75, 3.05) is 6.54 Å². The van der Waals surface area contributed by atoms with Crippen molar-refractivity contribution in [1.29, 1.82) is 0 Å². The zero-order valence-electron chi connectivity index (χ0n) is 9.00. The number of urea groups is 1. The molecular formula is C12H15FN2O. The molecule has 0 radical (unpaired) electrons. The zero-order chi connectivity index (χ0) is 11.4. The maximum absolute atomic E-state index is 12.6. The highest BCUT2D eigenvalue weighted by Gasteiger charge is 2.22. The van der Waals surface area contributed by atoms with Gasteiger partial charge in [-0.25, -0.2) is 9.18 Å². The van der Waals surface area contributed by atoms with Crippen LogP contribution >= 0.6 is 0 Å². The molecule has 1 aromatic rings. The van der Waals surface area contributed by atoms with Gasteiger partial charge >= 0.3 is 6.03 Å². The summed E-state index contributed by atoms with van der Waals surface area (Å²) in [5.41, 5.74) is 1.02.